The molecule has 1 aromatic rings. The zero-order valence-electron chi connectivity index (χ0n) is 10.7. The van der Waals surface area contributed by atoms with Crippen molar-refractivity contribution >= 4 is 17.7 Å². The van der Waals surface area contributed by atoms with E-state index in [1.807, 2.05) is 54.0 Å². The second-order valence-electron chi connectivity index (χ2n) is 4.76. The number of rotatable bonds is 4. The molecule has 1 aliphatic rings. The van der Waals surface area contributed by atoms with Gasteiger partial charge in [0.05, 0.1) is 6.04 Å². The fraction of sp³-hybridized carbons (Fsp3) is 0.500. The lowest BCUT2D eigenvalue weighted by atomic mass is 10.0. The minimum atomic E-state index is -0.428. The van der Waals surface area contributed by atoms with Gasteiger partial charge in [-0.05, 0) is 24.2 Å². The third kappa shape index (κ3) is 3.27. The molecule has 3 nitrogen and oxygen atoms in total. The van der Waals surface area contributed by atoms with E-state index < -0.39 is 6.04 Å². The Morgan fingerprint density at radius 1 is 1.50 bits per heavy atom. The maximum atomic E-state index is 12.2. The molecule has 1 amide bonds. The van der Waals surface area contributed by atoms with Crippen molar-refractivity contribution in [2.45, 2.75) is 24.9 Å². The van der Waals surface area contributed by atoms with Gasteiger partial charge in [0.25, 0.3) is 0 Å². The molecule has 4 heteroatoms. The first-order valence-electron chi connectivity index (χ1n) is 6.32. The van der Waals surface area contributed by atoms with Gasteiger partial charge < -0.3 is 10.6 Å². The Morgan fingerprint density at radius 2 is 2.22 bits per heavy atom. The lowest BCUT2D eigenvalue weighted by Gasteiger charge is -2.26. The van der Waals surface area contributed by atoms with Crippen LogP contribution in [0.3, 0.4) is 0 Å². The summed E-state index contributed by atoms with van der Waals surface area (Å²) < 4.78 is 0. The van der Waals surface area contributed by atoms with Gasteiger partial charge >= 0.3 is 0 Å². The summed E-state index contributed by atoms with van der Waals surface area (Å²) in [5.41, 5.74) is 7.14. The third-order valence-corrected chi connectivity index (χ3v) is 4.56. The molecule has 0 radical (unpaired) electrons. The van der Waals surface area contributed by atoms with Crippen LogP contribution in [-0.2, 0) is 11.2 Å². The second kappa shape index (κ2) is 6.25. The molecule has 0 saturated carbocycles. The van der Waals surface area contributed by atoms with Gasteiger partial charge in [0, 0.05) is 18.8 Å². The minimum Gasteiger partial charge on any atom is -0.341 e. The summed E-state index contributed by atoms with van der Waals surface area (Å²) in [6, 6.07) is 9.89. The summed E-state index contributed by atoms with van der Waals surface area (Å²) in [5, 5.41) is 0. The van der Waals surface area contributed by atoms with Crippen LogP contribution in [0, 0.1) is 0 Å². The molecule has 0 aliphatic carbocycles. The molecular weight excluding hydrogens is 244 g/mol. The van der Waals surface area contributed by atoms with Gasteiger partial charge in [0.1, 0.15) is 0 Å². The molecule has 1 fully saturated rings. The van der Waals surface area contributed by atoms with Crippen molar-refractivity contribution < 1.29 is 4.79 Å². The standard InChI is InChI=1S/C14H20N2OS/c1-16(12-7-8-18-10-12)14(17)13(15)9-11-5-3-2-4-6-11/h2-6,12-13H,7-10,15H2,1H3/t12?,13-/m1/s1. The fourth-order valence-electron chi connectivity index (χ4n) is 2.22. The molecule has 0 spiro atoms. The minimum absolute atomic E-state index is 0.0614. The van der Waals surface area contributed by atoms with Crippen molar-refractivity contribution in [3.8, 4) is 0 Å². The summed E-state index contributed by atoms with van der Waals surface area (Å²) in [6.07, 6.45) is 1.70. The van der Waals surface area contributed by atoms with Gasteiger partial charge in [-0.25, -0.2) is 0 Å². The van der Waals surface area contributed by atoms with E-state index in [0.29, 0.717) is 12.5 Å². The second-order valence-corrected chi connectivity index (χ2v) is 5.91. The van der Waals surface area contributed by atoms with Gasteiger partial charge in [-0.2, -0.15) is 11.8 Å². The number of carbonyl (C=O) groups excluding carboxylic acids is 1. The van der Waals surface area contributed by atoms with E-state index in [2.05, 4.69) is 0 Å². The Hall–Kier alpha value is -1.00. The number of amides is 1. The quantitative estimate of drug-likeness (QED) is 0.897. The zero-order valence-corrected chi connectivity index (χ0v) is 11.5. The highest BCUT2D eigenvalue weighted by Crippen LogP contribution is 2.21. The van der Waals surface area contributed by atoms with Crippen molar-refractivity contribution in [3.05, 3.63) is 35.9 Å². The zero-order chi connectivity index (χ0) is 13.0. The number of nitrogens with two attached hydrogens (primary N) is 1. The summed E-state index contributed by atoms with van der Waals surface area (Å²) in [5.74, 6) is 2.25. The van der Waals surface area contributed by atoms with E-state index in [4.69, 9.17) is 5.73 Å². The van der Waals surface area contributed by atoms with E-state index in [9.17, 15) is 4.79 Å². The van der Waals surface area contributed by atoms with E-state index in [1.54, 1.807) is 0 Å². The fourth-order valence-corrected chi connectivity index (χ4v) is 3.49. The van der Waals surface area contributed by atoms with Gasteiger partial charge in [0.2, 0.25) is 5.91 Å². The van der Waals surface area contributed by atoms with Crippen LogP contribution in [0.25, 0.3) is 0 Å². The highest BCUT2D eigenvalue weighted by Gasteiger charge is 2.27. The average Bonchev–Trinajstić information content (AvgIpc) is 2.92. The van der Waals surface area contributed by atoms with Gasteiger partial charge in [0.15, 0.2) is 0 Å². The van der Waals surface area contributed by atoms with E-state index >= 15 is 0 Å². The molecule has 98 valence electrons. The molecule has 18 heavy (non-hydrogen) atoms. The number of benzene rings is 1. The van der Waals surface area contributed by atoms with Crippen molar-refractivity contribution in [3.63, 3.8) is 0 Å². The number of carbonyl (C=O) groups is 1. The smallest absolute Gasteiger partial charge is 0.239 e. The first kappa shape index (κ1) is 13.4. The van der Waals surface area contributed by atoms with Gasteiger partial charge in [-0.1, -0.05) is 30.3 Å². The molecule has 2 rings (SSSR count). The summed E-state index contributed by atoms with van der Waals surface area (Å²) in [6.45, 7) is 0. The van der Waals surface area contributed by atoms with Gasteiger partial charge in [-0.15, -0.1) is 0 Å². The molecule has 2 atom stereocenters. The lowest BCUT2D eigenvalue weighted by molar-refractivity contribution is -0.132. The van der Waals surface area contributed by atoms with Crippen LogP contribution in [-0.4, -0.2) is 41.4 Å². The number of nitrogens with zero attached hydrogens (tertiary/aromatic N) is 1. The SMILES string of the molecule is CN(C(=O)[C@H](N)Cc1ccccc1)C1CCSC1. The Balaban J connectivity index is 1.91. The lowest BCUT2D eigenvalue weighted by Crippen LogP contribution is -2.47. The highest BCUT2D eigenvalue weighted by molar-refractivity contribution is 7.99. The molecule has 1 aromatic carbocycles. The molecule has 0 bridgehead atoms. The number of likely N-dealkylation sites (N-methyl/N-ethyl adjacent to an activating group) is 1. The maximum Gasteiger partial charge on any atom is 0.239 e. The predicted molar refractivity (Wildman–Crippen MR) is 76.6 cm³/mol. The van der Waals surface area contributed by atoms with Crippen molar-refractivity contribution in [2.75, 3.05) is 18.6 Å². The number of hydrogen-bond acceptors (Lipinski definition) is 3. The van der Waals surface area contributed by atoms with Crippen molar-refractivity contribution in [1.82, 2.24) is 4.90 Å². The number of hydrogen-bond donors (Lipinski definition) is 1. The molecule has 1 aliphatic heterocycles. The van der Waals surface area contributed by atoms with Crippen LogP contribution in [0.2, 0.25) is 0 Å². The van der Waals surface area contributed by atoms with Crippen molar-refractivity contribution in [1.29, 1.82) is 0 Å². The predicted octanol–water partition coefficient (Wildman–Crippen LogP) is 1.52. The average molecular weight is 264 g/mol. The first-order chi connectivity index (χ1) is 8.68. The van der Waals surface area contributed by atoms with E-state index in [-0.39, 0.29) is 5.91 Å². The molecule has 1 saturated heterocycles. The van der Waals surface area contributed by atoms with Crippen molar-refractivity contribution in [2.24, 2.45) is 5.73 Å². The van der Waals surface area contributed by atoms with Crippen LogP contribution in [0.1, 0.15) is 12.0 Å². The topological polar surface area (TPSA) is 46.3 Å². The Kier molecular flexibility index (Phi) is 4.66. The van der Waals surface area contributed by atoms with Crippen LogP contribution >= 0.6 is 11.8 Å². The Morgan fingerprint density at radius 3 is 2.83 bits per heavy atom. The highest BCUT2D eigenvalue weighted by atomic mass is 32.2. The van der Waals surface area contributed by atoms with Crippen LogP contribution in [0.15, 0.2) is 30.3 Å². The first-order valence-corrected chi connectivity index (χ1v) is 7.48. The number of thioether (sulfide) groups is 1. The Bertz CT molecular complexity index is 390. The van der Waals surface area contributed by atoms with Crippen LogP contribution < -0.4 is 5.73 Å². The van der Waals surface area contributed by atoms with Gasteiger partial charge in [-0.3, -0.25) is 4.79 Å². The summed E-state index contributed by atoms with van der Waals surface area (Å²) in [4.78, 5) is 14.1. The third-order valence-electron chi connectivity index (χ3n) is 3.42. The normalized spacial score (nSPS) is 20.7. The summed E-state index contributed by atoms with van der Waals surface area (Å²) >= 11 is 1.91. The largest absolute Gasteiger partial charge is 0.341 e. The molecule has 1 unspecified atom stereocenters. The molecular formula is C14H20N2OS. The van der Waals surface area contributed by atoms with Crippen LogP contribution in [0.4, 0.5) is 0 Å². The molecule has 2 N–H and O–H groups in total. The monoisotopic (exact) mass is 264 g/mol. The maximum absolute atomic E-state index is 12.2. The summed E-state index contributed by atoms with van der Waals surface area (Å²) in [7, 11) is 1.88. The van der Waals surface area contributed by atoms with E-state index in [0.717, 1.165) is 23.5 Å². The Labute approximate surface area is 113 Å². The van der Waals surface area contributed by atoms with Crippen LogP contribution in [0.5, 0.6) is 0 Å². The molecule has 1 heterocycles. The molecule has 0 aromatic heterocycles. The van der Waals surface area contributed by atoms with E-state index in [1.165, 1.54) is 0 Å².